The van der Waals surface area contributed by atoms with Crippen LogP contribution in [-0.2, 0) is 6.42 Å². The highest BCUT2D eigenvalue weighted by Crippen LogP contribution is 2.05. The molecule has 0 aliphatic heterocycles. The number of amides is 1. The molecule has 2 nitrogen and oxygen atoms in total. The van der Waals surface area contributed by atoms with Gasteiger partial charge in [0.1, 0.15) is 0 Å². The summed E-state index contributed by atoms with van der Waals surface area (Å²) in [6.07, 6.45) is 0.963. The summed E-state index contributed by atoms with van der Waals surface area (Å²) in [4.78, 5) is 11.2. The van der Waals surface area contributed by atoms with Crippen molar-refractivity contribution in [2.45, 2.75) is 27.2 Å². The molecule has 0 spiro atoms. The lowest BCUT2D eigenvalue weighted by atomic mass is 10.1. The molecular formula is C12H21NO. The van der Waals surface area contributed by atoms with Crippen LogP contribution in [0.2, 0.25) is 0 Å². The Labute approximate surface area is 87.8 Å². The van der Waals surface area contributed by atoms with Crippen molar-refractivity contribution in [3.05, 3.63) is 35.4 Å². The van der Waals surface area contributed by atoms with E-state index in [1.807, 2.05) is 38.1 Å². The van der Waals surface area contributed by atoms with Gasteiger partial charge in [-0.15, -0.1) is 0 Å². The van der Waals surface area contributed by atoms with Gasteiger partial charge in [0.25, 0.3) is 5.91 Å². The molecule has 0 saturated heterocycles. The molecule has 1 rings (SSSR count). The van der Waals surface area contributed by atoms with Crippen LogP contribution in [0.15, 0.2) is 24.3 Å². The summed E-state index contributed by atoms with van der Waals surface area (Å²) in [7, 11) is 1.64. The second kappa shape index (κ2) is 7.13. The molecule has 0 unspecified atom stereocenters. The molecule has 2 heteroatoms. The molecule has 1 N–H and O–H groups in total. The van der Waals surface area contributed by atoms with Crippen molar-refractivity contribution in [1.82, 2.24) is 5.32 Å². The van der Waals surface area contributed by atoms with Crippen LogP contribution < -0.4 is 5.32 Å². The zero-order chi connectivity index (χ0) is 11.0. The number of aryl methyl sites for hydroxylation is 1. The van der Waals surface area contributed by atoms with Crippen LogP contribution in [0.4, 0.5) is 0 Å². The summed E-state index contributed by atoms with van der Waals surface area (Å²) in [5.41, 5.74) is 1.92. The molecule has 1 aromatic carbocycles. The number of hydrogen-bond acceptors (Lipinski definition) is 1. The maximum absolute atomic E-state index is 11.2. The van der Waals surface area contributed by atoms with E-state index in [1.54, 1.807) is 7.05 Å². The monoisotopic (exact) mass is 195 g/mol. The van der Waals surface area contributed by atoms with Crippen LogP contribution >= 0.6 is 0 Å². The Morgan fingerprint density at radius 3 is 2.57 bits per heavy atom. The predicted molar refractivity (Wildman–Crippen MR) is 62.7 cm³/mol. The summed E-state index contributed by atoms with van der Waals surface area (Å²) in [6, 6.07) is 7.66. The minimum atomic E-state index is -0.0229. The first-order chi connectivity index (χ1) is 6.77. The third kappa shape index (κ3) is 3.60. The average molecular weight is 195 g/mol. The van der Waals surface area contributed by atoms with E-state index in [0.29, 0.717) is 0 Å². The van der Waals surface area contributed by atoms with Crippen molar-refractivity contribution in [2.24, 2.45) is 0 Å². The van der Waals surface area contributed by atoms with E-state index in [9.17, 15) is 4.79 Å². The zero-order valence-corrected chi connectivity index (χ0v) is 9.42. The van der Waals surface area contributed by atoms with E-state index in [1.165, 1.54) is 5.56 Å². The van der Waals surface area contributed by atoms with Crippen molar-refractivity contribution in [3.63, 3.8) is 0 Å². The van der Waals surface area contributed by atoms with E-state index < -0.39 is 0 Å². The number of benzene rings is 1. The minimum absolute atomic E-state index is 0. The summed E-state index contributed by atoms with van der Waals surface area (Å²) >= 11 is 0. The molecule has 0 aliphatic rings. The van der Waals surface area contributed by atoms with Gasteiger partial charge >= 0.3 is 0 Å². The van der Waals surface area contributed by atoms with Crippen molar-refractivity contribution in [1.29, 1.82) is 0 Å². The molecule has 1 amide bonds. The van der Waals surface area contributed by atoms with Crippen LogP contribution in [-0.4, -0.2) is 13.0 Å². The third-order valence-electron chi connectivity index (χ3n) is 1.82. The highest BCUT2D eigenvalue weighted by molar-refractivity contribution is 5.94. The van der Waals surface area contributed by atoms with E-state index in [2.05, 4.69) is 12.2 Å². The van der Waals surface area contributed by atoms with E-state index in [-0.39, 0.29) is 7.33 Å². The lowest BCUT2D eigenvalue weighted by molar-refractivity contribution is 0.0963. The van der Waals surface area contributed by atoms with Crippen molar-refractivity contribution in [2.75, 3.05) is 7.05 Å². The van der Waals surface area contributed by atoms with E-state index in [0.717, 1.165) is 12.0 Å². The first-order valence-electron chi connectivity index (χ1n) is 5.09. The SMILES string of the molecule is CC.CCc1cccc(C(=O)NC)c1.[HH]. The Kier molecular flexibility index (Phi) is 6.46. The first-order valence-corrected chi connectivity index (χ1v) is 5.09. The lowest BCUT2D eigenvalue weighted by Gasteiger charge is -2.01. The number of hydrogen-bond donors (Lipinski definition) is 1. The van der Waals surface area contributed by atoms with Gasteiger partial charge in [0, 0.05) is 14.0 Å². The van der Waals surface area contributed by atoms with Gasteiger partial charge in [-0.3, -0.25) is 4.79 Å². The molecule has 0 heterocycles. The van der Waals surface area contributed by atoms with Gasteiger partial charge in [-0.25, -0.2) is 0 Å². The third-order valence-corrected chi connectivity index (χ3v) is 1.82. The van der Waals surface area contributed by atoms with Crippen LogP contribution in [0.3, 0.4) is 0 Å². The molecule has 14 heavy (non-hydrogen) atoms. The van der Waals surface area contributed by atoms with Gasteiger partial charge < -0.3 is 5.32 Å². The number of carbonyl (C=O) groups excluding carboxylic acids is 1. The van der Waals surface area contributed by atoms with Crippen molar-refractivity contribution >= 4 is 5.91 Å². The van der Waals surface area contributed by atoms with Crippen LogP contribution in [0.5, 0.6) is 0 Å². The van der Waals surface area contributed by atoms with Gasteiger partial charge in [0.05, 0.1) is 0 Å². The fourth-order valence-electron chi connectivity index (χ4n) is 1.08. The Balaban J connectivity index is 0. The second-order valence-corrected chi connectivity index (χ2v) is 2.63. The molecule has 1 aromatic rings. The molecule has 0 fully saturated rings. The van der Waals surface area contributed by atoms with Crippen LogP contribution in [0, 0.1) is 0 Å². The summed E-state index contributed by atoms with van der Waals surface area (Å²) in [5.74, 6) is -0.0229. The van der Waals surface area contributed by atoms with E-state index >= 15 is 0 Å². The number of nitrogens with one attached hydrogen (secondary N) is 1. The maximum Gasteiger partial charge on any atom is 0.251 e. The fraction of sp³-hybridized carbons (Fsp3) is 0.417. The van der Waals surface area contributed by atoms with Gasteiger partial charge in [-0.05, 0) is 24.1 Å². The summed E-state index contributed by atoms with van der Waals surface area (Å²) in [5, 5.41) is 2.59. The Bertz CT molecular complexity index is 287. The molecule has 80 valence electrons. The average Bonchev–Trinajstić information content (AvgIpc) is 2.30. The lowest BCUT2D eigenvalue weighted by Crippen LogP contribution is -2.17. The van der Waals surface area contributed by atoms with Crippen LogP contribution in [0.25, 0.3) is 0 Å². The van der Waals surface area contributed by atoms with Gasteiger partial charge in [-0.1, -0.05) is 32.9 Å². The Hall–Kier alpha value is -1.31. The van der Waals surface area contributed by atoms with Gasteiger partial charge in [0.2, 0.25) is 0 Å². The fourth-order valence-corrected chi connectivity index (χ4v) is 1.08. The quantitative estimate of drug-likeness (QED) is 0.772. The molecule has 0 aromatic heterocycles. The van der Waals surface area contributed by atoms with E-state index in [4.69, 9.17) is 0 Å². The van der Waals surface area contributed by atoms with Crippen molar-refractivity contribution < 1.29 is 6.22 Å². The van der Waals surface area contributed by atoms with Gasteiger partial charge in [-0.2, -0.15) is 0 Å². The Morgan fingerprint density at radius 2 is 2.07 bits per heavy atom. The molecule has 0 saturated carbocycles. The molecular weight excluding hydrogens is 174 g/mol. The minimum Gasteiger partial charge on any atom is -0.355 e. The largest absolute Gasteiger partial charge is 0.355 e. The number of carbonyl (C=O) groups is 1. The summed E-state index contributed by atoms with van der Waals surface area (Å²) in [6.45, 7) is 6.07. The predicted octanol–water partition coefficient (Wildman–Crippen LogP) is 2.88. The van der Waals surface area contributed by atoms with Crippen LogP contribution in [0.1, 0.15) is 38.1 Å². The van der Waals surface area contributed by atoms with Gasteiger partial charge in [0.15, 0.2) is 0 Å². The smallest absolute Gasteiger partial charge is 0.251 e. The molecule has 0 bridgehead atoms. The van der Waals surface area contributed by atoms with Crippen molar-refractivity contribution in [3.8, 4) is 0 Å². The molecule has 0 atom stereocenters. The maximum atomic E-state index is 11.2. The second-order valence-electron chi connectivity index (χ2n) is 2.63. The molecule has 0 aliphatic carbocycles. The Morgan fingerprint density at radius 1 is 1.43 bits per heavy atom. The normalized spacial score (nSPS) is 8.57. The first kappa shape index (κ1) is 12.7. The summed E-state index contributed by atoms with van der Waals surface area (Å²) < 4.78 is 0. The zero-order valence-electron chi connectivity index (χ0n) is 9.42. The molecule has 0 radical (unpaired) electrons. The standard InChI is InChI=1S/C10H13NO.C2H6.H2/c1-3-8-5-4-6-9(7-8)10(12)11-2;1-2;/h4-7H,3H2,1-2H3,(H,11,12);1-2H3;1H. The highest BCUT2D eigenvalue weighted by atomic mass is 16.1. The number of rotatable bonds is 2. The highest BCUT2D eigenvalue weighted by Gasteiger charge is 2.01. The topological polar surface area (TPSA) is 29.1 Å².